The summed E-state index contributed by atoms with van der Waals surface area (Å²) in [5, 5.41) is 10.0. The zero-order valence-electron chi connectivity index (χ0n) is 12.8. The average molecular weight is 335 g/mol. The van der Waals surface area contributed by atoms with E-state index >= 15 is 0 Å². The minimum absolute atomic E-state index is 0.200. The van der Waals surface area contributed by atoms with E-state index in [9.17, 15) is 13.9 Å². The van der Waals surface area contributed by atoms with Crippen LogP contribution in [0, 0.1) is 17.6 Å². The molecule has 0 atom stereocenters. The van der Waals surface area contributed by atoms with Crippen molar-refractivity contribution in [3.63, 3.8) is 0 Å². The first-order valence-corrected chi connectivity index (χ1v) is 8.41. The number of phenolic OH excluding ortho intramolecular Hbond substituents is 1. The second-order valence-electron chi connectivity index (χ2n) is 6.79. The Balaban J connectivity index is 1.79. The lowest BCUT2D eigenvalue weighted by Crippen LogP contribution is -2.13. The van der Waals surface area contributed by atoms with Gasteiger partial charge in [0.15, 0.2) is 11.6 Å². The van der Waals surface area contributed by atoms with E-state index in [1.807, 2.05) is 12.1 Å². The van der Waals surface area contributed by atoms with E-state index in [-0.39, 0.29) is 5.56 Å². The molecule has 1 N–H and O–H groups in total. The van der Waals surface area contributed by atoms with Crippen LogP contribution in [-0.4, -0.2) is 5.11 Å². The fourth-order valence-electron chi connectivity index (χ4n) is 3.95. The summed E-state index contributed by atoms with van der Waals surface area (Å²) >= 11 is 6.56. The Kier molecular flexibility index (Phi) is 3.38. The first kappa shape index (κ1) is 14.9. The summed E-state index contributed by atoms with van der Waals surface area (Å²) in [6.45, 7) is 2.26. The van der Waals surface area contributed by atoms with E-state index in [4.69, 9.17) is 11.6 Å². The van der Waals surface area contributed by atoms with Crippen LogP contribution in [0.2, 0.25) is 5.02 Å². The van der Waals surface area contributed by atoms with Gasteiger partial charge in [-0.25, -0.2) is 4.39 Å². The second kappa shape index (κ2) is 5.20. The van der Waals surface area contributed by atoms with Crippen molar-refractivity contribution in [3.05, 3.63) is 40.4 Å². The number of hydrogen-bond acceptors (Lipinski definition) is 1. The highest BCUT2D eigenvalue weighted by Crippen LogP contribution is 2.56. The van der Waals surface area contributed by atoms with Crippen molar-refractivity contribution in [2.24, 2.45) is 5.92 Å². The summed E-state index contributed by atoms with van der Waals surface area (Å²) in [6.07, 6.45) is 4.51. The van der Waals surface area contributed by atoms with E-state index in [1.165, 1.54) is 18.9 Å². The molecule has 0 spiro atoms. The molecule has 0 amide bonds. The topological polar surface area (TPSA) is 20.2 Å². The molecule has 2 aromatic rings. The van der Waals surface area contributed by atoms with Crippen LogP contribution in [0.15, 0.2) is 18.2 Å². The van der Waals surface area contributed by atoms with Crippen molar-refractivity contribution in [2.45, 2.75) is 38.5 Å². The molecule has 1 nitrogen and oxygen atoms in total. The van der Waals surface area contributed by atoms with Gasteiger partial charge in [0.1, 0.15) is 0 Å². The molecule has 2 aromatic carbocycles. The summed E-state index contributed by atoms with van der Waals surface area (Å²) in [6, 6.07) is 5.19. The van der Waals surface area contributed by atoms with Crippen LogP contribution in [-0.2, 0) is 0 Å². The quantitative estimate of drug-likeness (QED) is 0.556. The molecule has 0 aromatic heterocycles. The molecule has 0 radical (unpaired) electrons. The third-order valence-electron chi connectivity index (χ3n) is 5.36. The lowest BCUT2D eigenvalue weighted by atomic mass is 9.74. The predicted octanol–water partition coefficient (Wildman–Crippen LogP) is 6.26. The maximum absolute atomic E-state index is 14.2. The molecule has 0 bridgehead atoms. The summed E-state index contributed by atoms with van der Waals surface area (Å²) in [4.78, 5) is 0. The molecule has 120 valence electrons. The molecule has 0 saturated heterocycles. The van der Waals surface area contributed by atoms with Gasteiger partial charge in [-0.3, -0.25) is 0 Å². The third-order valence-corrected chi connectivity index (χ3v) is 5.76. The van der Waals surface area contributed by atoms with Gasteiger partial charge in [0, 0.05) is 11.1 Å². The minimum Gasteiger partial charge on any atom is -0.505 e. The van der Waals surface area contributed by atoms with Crippen molar-refractivity contribution in [1.82, 2.24) is 0 Å². The highest BCUT2D eigenvalue weighted by atomic mass is 35.5. The predicted molar refractivity (Wildman–Crippen MR) is 87.8 cm³/mol. The summed E-state index contributed by atoms with van der Waals surface area (Å²) < 4.78 is 27.9. The maximum atomic E-state index is 14.2. The van der Waals surface area contributed by atoms with E-state index < -0.39 is 17.4 Å². The van der Waals surface area contributed by atoms with Gasteiger partial charge in [-0.1, -0.05) is 43.5 Å². The molecule has 1 saturated carbocycles. The Hall–Kier alpha value is -1.61. The lowest BCUT2D eigenvalue weighted by molar-refractivity contribution is 0.348. The number of hydrogen-bond donors (Lipinski definition) is 1. The number of halogens is 3. The normalized spacial score (nSPS) is 22.3. The van der Waals surface area contributed by atoms with Crippen LogP contribution in [0.3, 0.4) is 0 Å². The Morgan fingerprint density at radius 1 is 1.00 bits per heavy atom. The van der Waals surface area contributed by atoms with Gasteiger partial charge in [-0.15, -0.1) is 0 Å². The summed E-state index contributed by atoms with van der Waals surface area (Å²) in [5.41, 5.74) is 3.14. The highest BCUT2D eigenvalue weighted by Gasteiger charge is 2.34. The first-order valence-electron chi connectivity index (χ1n) is 8.03. The maximum Gasteiger partial charge on any atom is 0.201 e. The monoisotopic (exact) mass is 334 g/mol. The lowest BCUT2D eigenvalue weighted by Gasteiger charge is -2.31. The van der Waals surface area contributed by atoms with E-state index in [0.29, 0.717) is 22.1 Å². The van der Waals surface area contributed by atoms with Gasteiger partial charge in [-0.2, -0.15) is 4.39 Å². The zero-order chi connectivity index (χ0) is 16.3. The Labute approximate surface area is 138 Å². The number of phenols is 1. The van der Waals surface area contributed by atoms with Crippen LogP contribution >= 0.6 is 11.6 Å². The van der Waals surface area contributed by atoms with Gasteiger partial charge >= 0.3 is 0 Å². The van der Waals surface area contributed by atoms with E-state index in [2.05, 4.69) is 6.92 Å². The molecule has 4 rings (SSSR count). The van der Waals surface area contributed by atoms with Crippen molar-refractivity contribution in [1.29, 1.82) is 0 Å². The third kappa shape index (κ3) is 2.09. The van der Waals surface area contributed by atoms with Crippen molar-refractivity contribution < 1.29 is 13.9 Å². The number of aromatic hydroxyl groups is 1. The number of benzene rings is 2. The van der Waals surface area contributed by atoms with Gasteiger partial charge in [0.25, 0.3) is 0 Å². The van der Waals surface area contributed by atoms with Gasteiger partial charge in [0.05, 0.1) is 5.02 Å². The number of rotatable bonds is 1. The molecule has 1 fully saturated rings. The van der Waals surface area contributed by atoms with Crippen LogP contribution in [0.4, 0.5) is 8.78 Å². The molecule has 23 heavy (non-hydrogen) atoms. The van der Waals surface area contributed by atoms with Crippen LogP contribution in [0.25, 0.3) is 22.3 Å². The van der Waals surface area contributed by atoms with Crippen LogP contribution in [0.1, 0.15) is 44.1 Å². The Morgan fingerprint density at radius 2 is 1.70 bits per heavy atom. The van der Waals surface area contributed by atoms with Crippen LogP contribution < -0.4 is 0 Å². The van der Waals surface area contributed by atoms with Crippen molar-refractivity contribution in [2.75, 3.05) is 0 Å². The molecule has 2 aliphatic rings. The number of fused-ring (bicyclic) bond motifs is 4. The molecule has 0 aliphatic heterocycles. The van der Waals surface area contributed by atoms with Gasteiger partial charge < -0.3 is 5.11 Å². The van der Waals surface area contributed by atoms with E-state index in [0.717, 1.165) is 29.9 Å². The molecular formula is C19H17ClF2O. The van der Waals surface area contributed by atoms with Crippen molar-refractivity contribution >= 4 is 11.6 Å². The highest BCUT2D eigenvalue weighted by molar-refractivity contribution is 6.36. The summed E-state index contributed by atoms with van der Waals surface area (Å²) in [7, 11) is 0. The molecule has 4 heteroatoms. The first-order chi connectivity index (χ1) is 11.0. The van der Waals surface area contributed by atoms with Crippen LogP contribution in [0.5, 0.6) is 5.75 Å². The molecule has 0 unspecified atom stereocenters. The second-order valence-corrected chi connectivity index (χ2v) is 7.17. The molecule has 0 heterocycles. The Morgan fingerprint density at radius 3 is 2.39 bits per heavy atom. The fourth-order valence-corrected chi connectivity index (χ4v) is 4.37. The van der Waals surface area contributed by atoms with Gasteiger partial charge in [-0.05, 0) is 47.4 Å². The Bertz CT molecular complexity index is 808. The van der Waals surface area contributed by atoms with E-state index in [1.54, 1.807) is 0 Å². The smallest absolute Gasteiger partial charge is 0.201 e. The zero-order valence-corrected chi connectivity index (χ0v) is 13.6. The minimum atomic E-state index is -1.21. The summed E-state index contributed by atoms with van der Waals surface area (Å²) in [5.74, 6) is -1.75. The SMILES string of the molecule is CC1CCC(c2ccc3c(c2Cl)-c2c-3cc(O)c(F)c2F)CC1. The molecular weight excluding hydrogens is 318 g/mol. The average Bonchev–Trinajstić information content (AvgIpc) is 2.52. The largest absolute Gasteiger partial charge is 0.505 e. The standard InChI is InChI=1S/C19H17ClF2O/c1-9-2-4-10(5-3-9)11-6-7-12-13-8-14(23)18(21)19(22)16(13)15(12)17(11)20/h6-10,23H,2-5H2,1H3. The van der Waals surface area contributed by atoms with Gasteiger partial charge in [0.2, 0.25) is 5.82 Å². The fraction of sp³-hybridized carbons (Fsp3) is 0.368. The van der Waals surface area contributed by atoms with Crippen molar-refractivity contribution in [3.8, 4) is 28.0 Å². The molecule has 2 aliphatic carbocycles.